The molecule has 98 valence electrons. The van der Waals surface area contributed by atoms with Gasteiger partial charge in [-0.1, -0.05) is 6.92 Å². The van der Waals surface area contributed by atoms with Crippen LogP contribution in [0.2, 0.25) is 0 Å². The molecule has 0 aliphatic heterocycles. The van der Waals surface area contributed by atoms with Crippen LogP contribution in [-0.2, 0) is 11.3 Å². The Labute approximate surface area is 105 Å². The van der Waals surface area contributed by atoms with Crippen LogP contribution in [0.1, 0.15) is 29.4 Å². The topological polar surface area (TPSA) is 96.5 Å². The molecule has 1 aromatic rings. The number of hydrogen-bond donors (Lipinski definition) is 2. The minimum atomic E-state index is -1.01. The molecule has 0 fully saturated rings. The van der Waals surface area contributed by atoms with E-state index in [0.717, 1.165) is 0 Å². The van der Waals surface area contributed by atoms with Crippen LogP contribution in [0.5, 0.6) is 0 Å². The third-order valence-corrected chi connectivity index (χ3v) is 2.73. The lowest BCUT2D eigenvalue weighted by atomic mass is 10.1. The number of likely N-dealkylation sites (N-methyl/N-ethyl adjacent to an activating group) is 1. The van der Waals surface area contributed by atoms with Gasteiger partial charge < -0.3 is 15.7 Å². The third-order valence-electron chi connectivity index (χ3n) is 2.73. The Morgan fingerprint density at radius 3 is 2.72 bits per heavy atom. The van der Waals surface area contributed by atoms with Crippen LogP contribution in [0.25, 0.3) is 0 Å². The predicted molar refractivity (Wildman–Crippen MR) is 65.9 cm³/mol. The summed E-state index contributed by atoms with van der Waals surface area (Å²) in [5, 5.41) is 9.01. The molecule has 18 heavy (non-hydrogen) atoms. The molecule has 0 saturated carbocycles. The van der Waals surface area contributed by atoms with E-state index in [2.05, 4.69) is 4.98 Å². The second-order valence-corrected chi connectivity index (χ2v) is 3.92. The first-order valence-electron chi connectivity index (χ1n) is 5.66. The van der Waals surface area contributed by atoms with E-state index in [9.17, 15) is 9.59 Å². The van der Waals surface area contributed by atoms with Crippen molar-refractivity contribution >= 4 is 11.9 Å². The zero-order valence-electron chi connectivity index (χ0n) is 10.5. The largest absolute Gasteiger partial charge is 0.480 e. The summed E-state index contributed by atoms with van der Waals surface area (Å²) in [7, 11) is 1.48. The average molecular weight is 251 g/mol. The van der Waals surface area contributed by atoms with Crippen LogP contribution in [0.4, 0.5) is 0 Å². The van der Waals surface area contributed by atoms with E-state index in [1.807, 2.05) is 0 Å². The molecule has 0 radical (unpaired) electrons. The number of nitrogens with two attached hydrogens (primary N) is 1. The molecule has 0 aromatic carbocycles. The molecule has 1 amide bonds. The highest BCUT2D eigenvalue weighted by Gasteiger charge is 2.25. The quantitative estimate of drug-likeness (QED) is 0.793. The van der Waals surface area contributed by atoms with Crippen LogP contribution in [-0.4, -0.2) is 40.0 Å². The van der Waals surface area contributed by atoms with Gasteiger partial charge in [-0.2, -0.15) is 0 Å². The molecule has 0 saturated heterocycles. The van der Waals surface area contributed by atoms with Crippen LogP contribution >= 0.6 is 0 Å². The first-order chi connectivity index (χ1) is 8.51. The summed E-state index contributed by atoms with van der Waals surface area (Å²) in [5.41, 5.74) is 6.44. The van der Waals surface area contributed by atoms with Crippen molar-refractivity contribution in [1.29, 1.82) is 0 Å². The smallest absolute Gasteiger partial charge is 0.326 e. The highest BCUT2D eigenvalue weighted by molar-refractivity contribution is 5.96. The van der Waals surface area contributed by atoms with Gasteiger partial charge in [0.25, 0.3) is 5.91 Å². The summed E-state index contributed by atoms with van der Waals surface area (Å²) in [6.07, 6.45) is 1.84. The molecule has 1 aromatic heterocycles. The molecular weight excluding hydrogens is 234 g/mol. The Hall–Kier alpha value is -1.95. The highest BCUT2D eigenvalue weighted by atomic mass is 16.4. The van der Waals surface area contributed by atoms with Gasteiger partial charge in [-0.05, 0) is 18.6 Å². The van der Waals surface area contributed by atoms with Crippen LogP contribution in [0.15, 0.2) is 18.3 Å². The van der Waals surface area contributed by atoms with Crippen LogP contribution in [0.3, 0.4) is 0 Å². The van der Waals surface area contributed by atoms with E-state index in [4.69, 9.17) is 10.8 Å². The highest BCUT2D eigenvalue weighted by Crippen LogP contribution is 2.10. The van der Waals surface area contributed by atoms with Gasteiger partial charge in [0.05, 0.1) is 5.69 Å². The lowest BCUT2D eigenvalue weighted by molar-refractivity contribution is -0.142. The second kappa shape index (κ2) is 6.11. The van der Waals surface area contributed by atoms with Crippen molar-refractivity contribution in [1.82, 2.24) is 9.88 Å². The van der Waals surface area contributed by atoms with Gasteiger partial charge in [0.1, 0.15) is 6.04 Å². The maximum absolute atomic E-state index is 12.1. The van der Waals surface area contributed by atoms with Gasteiger partial charge >= 0.3 is 5.97 Å². The summed E-state index contributed by atoms with van der Waals surface area (Å²) in [6.45, 7) is 1.96. The number of amides is 1. The first-order valence-corrected chi connectivity index (χ1v) is 5.66. The second-order valence-electron chi connectivity index (χ2n) is 3.92. The summed E-state index contributed by atoms with van der Waals surface area (Å²) >= 11 is 0. The van der Waals surface area contributed by atoms with Crippen molar-refractivity contribution in [2.24, 2.45) is 5.73 Å². The van der Waals surface area contributed by atoms with Gasteiger partial charge in [0, 0.05) is 25.4 Å². The summed E-state index contributed by atoms with van der Waals surface area (Å²) in [5.74, 6) is -1.36. The maximum Gasteiger partial charge on any atom is 0.326 e. The monoisotopic (exact) mass is 251 g/mol. The summed E-state index contributed by atoms with van der Waals surface area (Å²) in [4.78, 5) is 28.3. The number of aromatic nitrogens is 1. The van der Waals surface area contributed by atoms with Gasteiger partial charge in [0.2, 0.25) is 0 Å². The summed E-state index contributed by atoms with van der Waals surface area (Å²) in [6, 6.07) is 2.30. The lowest BCUT2D eigenvalue weighted by Crippen LogP contribution is -2.42. The SMILES string of the molecule is CCC(C(=O)O)N(C)C(=O)c1ccnc(CN)c1. The first kappa shape index (κ1) is 14.1. The van der Waals surface area contributed by atoms with Crippen molar-refractivity contribution in [2.75, 3.05) is 7.05 Å². The Morgan fingerprint density at radius 2 is 2.22 bits per heavy atom. The minimum absolute atomic E-state index is 0.237. The van der Waals surface area contributed by atoms with Crippen molar-refractivity contribution in [3.05, 3.63) is 29.6 Å². The van der Waals surface area contributed by atoms with Crippen LogP contribution < -0.4 is 5.73 Å². The van der Waals surface area contributed by atoms with Gasteiger partial charge in [-0.3, -0.25) is 9.78 Å². The molecule has 0 aliphatic carbocycles. The number of aliphatic carboxylic acids is 1. The maximum atomic E-state index is 12.1. The fourth-order valence-corrected chi connectivity index (χ4v) is 1.68. The molecule has 1 heterocycles. The number of carboxylic acid groups (broad SMARTS) is 1. The lowest BCUT2D eigenvalue weighted by Gasteiger charge is -2.23. The molecule has 1 unspecified atom stereocenters. The predicted octanol–water partition coefficient (Wildman–Crippen LogP) is 0.475. The number of carbonyl (C=O) groups is 2. The van der Waals surface area contributed by atoms with Crippen molar-refractivity contribution < 1.29 is 14.7 Å². The van der Waals surface area contributed by atoms with Gasteiger partial charge in [0.15, 0.2) is 0 Å². The Balaban J connectivity index is 2.95. The van der Waals surface area contributed by atoms with E-state index in [0.29, 0.717) is 17.7 Å². The van der Waals surface area contributed by atoms with Crippen molar-refractivity contribution in [3.63, 3.8) is 0 Å². The molecule has 0 spiro atoms. The molecule has 6 nitrogen and oxygen atoms in total. The number of hydrogen-bond acceptors (Lipinski definition) is 4. The van der Waals surface area contributed by atoms with Crippen molar-refractivity contribution in [3.8, 4) is 0 Å². The zero-order valence-corrected chi connectivity index (χ0v) is 10.5. The molecule has 6 heteroatoms. The number of nitrogens with zero attached hydrogens (tertiary/aromatic N) is 2. The molecule has 1 atom stereocenters. The number of carboxylic acids is 1. The number of pyridine rings is 1. The van der Waals surface area contributed by atoms with E-state index >= 15 is 0 Å². The molecule has 0 bridgehead atoms. The minimum Gasteiger partial charge on any atom is -0.480 e. The number of rotatable bonds is 5. The standard InChI is InChI=1S/C12H17N3O3/c1-3-10(12(17)18)15(2)11(16)8-4-5-14-9(6-8)7-13/h4-6,10H,3,7,13H2,1-2H3,(H,17,18). The van der Waals surface area contributed by atoms with E-state index in [1.54, 1.807) is 19.1 Å². The Morgan fingerprint density at radius 1 is 1.56 bits per heavy atom. The fourth-order valence-electron chi connectivity index (χ4n) is 1.68. The van der Waals surface area contributed by atoms with Gasteiger partial charge in [-0.25, -0.2) is 4.79 Å². The molecule has 1 rings (SSSR count). The molecule has 3 N–H and O–H groups in total. The van der Waals surface area contributed by atoms with E-state index < -0.39 is 12.0 Å². The molecule has 0 aliphatic rings. The van der Waals surface area contributed by atoms with Crippen LogP contribution in [0, 0.1) is 0 Å². The van der Waals surface area contributed by atoms with E-state index in [1.165, 1.54) is 18.1 Å². The Bertz CT molecular complexity index is 448. The number of carbonyl (C=O) groups excluding carboxylic acids is 1. The third kappa shape index (κ3) is 3.04. The fraction of sp³-hybridized carbons (Fsp3) is 0.417. The van der Waals surface area contributed by atoms with E-state index in [-0.39, 0.29) is 12.5 Å². The van der Waals surface area contributed by atoms with Gasteiger partial charge in [-0.15, -0.1) is 0 Å². The molecular formula is C12H17N3O3. The Kier molecular flexibility index (Phi) is 4.79. The normalized spacial score (nSPS) is 11.9. The zero-order chi connectivity index (χ0) is 13.7. The average Bonchev–Trinajstić information content (AvgIpc) is 2.38. The summed E-state index contributed by atoms with van der Waals surface area (Å²) < 4.78 is 0. The van der Waals surface area contributed by atoms with Crippen molar-refractivity contribution in [2.45, 2.75) is 25.9 Å².